The normalized spacial score (nSPS) is 12.5. The molecule has 4 rings (SSSR count). The van der Waals surface area contributed by atoms with Gasteiger partial charge in [-0.1, -0.05) is 54.5 Å². The molecule has 0 amide bonds. The van der Waals surface area contributed by atoms with Crippen LogP contribution in [-0.4, -0.2) is 20.0 Å². The van der Waals surface area contributed by atoms with E-state index >= 15 is 0 Å². The van der Waals surface area contributed by atoms with Crippen LogP contribution in [0, 0.1) is 6.92 Å². The van der Waals surface area contributed by atoms with Gasteiger partial charge in [0.05, 0.1) is 36.8 Å². The van der Waals surface area contributed by atoms with Crippen LogP contribution >= 0.6 is 46.3 Å². The fourth-order valence-electron chi connectivity index (χ4n) is 3.47. The zero-order valence-electron chi connectivity index (χ0n) is 19.3. The van der Waals surface area contributed by atoms with Crippen molar-refractivity contribution in [1.82, 2.24) is 14.8 Å². The Labute approximate surface area is 226 Å². The van der Waals surface area contributed by atoms with E-state index in [-0.39, 0.29) is 28.1 Å². The summed E-state index contributed by atoms with van der Waals surface area (Å²) in [5.74, 6) is 0. The average molecular weight is 596 g/mol. The summed E-state index contributed by atoms with van der Waals surface area (Å²) >= 11 is 15.1. The molecule has 0 bridgehead atoms. The Hall–Kier alpha value is -2.21. The molecule has 0 aliphatic carbocycles. The molecule has 0 radical (unpaired) electrons. The number of benzene rings is 2. The second kappa shape index (κ2) is 10.2. The summed E-state index contributed by atoms with van der Waals surface area (Å²) in [6.07, 6.45) is -8.52. The largest absolute Gasteiger partial charge is 0.416 e. The first-order valence-corrected chi connectivity index (χ1v) is 13.1. The predicted molar refractivity (Wildman–Crippen MR) is 136 cm³/mol. The minimum atomic E-state index is -4.95. The number of thiazole rings is 1. The SMILES string of the molecule is Cc1nn(-c2nc(-c3ccc(Cl)c(Cl)c3)c(SC(C)C)s2)cc1-c1cc(C(F)(F)F)cc(C(F)(F)F)c1. The third-order valence-electron chi connectivity index (χ3n) is 5.11. The van der Waals surface area contributed by atoms with Crippen LogP contribution in [0.2, 0.25) is 10.0 Å². The molecule has 3 nitrogen and oxygen atoms in total. The van der Waals surface area contributed by atoms with Crippen LogP contribution in [0.5, 0.6) is 0 Å². The standard InChI is InChI=1S/C24H17Cl2F6N3S2/c1-11(2)36-21-20(13-4-5-18(25)19(26)8-13)33-22(37-21)35-10-17(12(3)34-35)14-6-15(23(27,28)29)9-16(7-14)24(30,31)32/h4-11H,1-3H3. The van der Waals surface area contributed by atoms with Crippen LogP contribution in [0.3, 0.4) is 0 Å². The second-order valence-corrected chi connectivity index (χ2v) is 11.9. The van der Waals surface area contributed by atoms with Gasteiger partial charge in [-0.2, -0.15) is 31.4 Å². The molecule has 0 atom stereocenters. The second-order valence-electron chi connectivity index (χ2n) is 8.30. The average Bonchev–Trinajstić information content (AvgIpc) is 3.37. The topological polar surface area (TPSA) is 30.7 Å². The zero-order chi connectivity index (χ0) is 27.3. The number of thioether (sulfide) groups is 1. The molecule has 0 aliphatic heterocycles. The van der Waals surface area contributed by atoms with Crippen LogP contribution in [0.4, 0.5) is 26.3 Å². The molecule has 0 unspecified atom stereocenters. The van der Waals surface area contributed by atoms with Crippen molar-refractivity contribution in [2.45, 2.75) is 42.6 Å². The van der Waals surface area contributed by atoms with Gasteiger partial charge >= 0.3 is 12.4 Å². The lowest BCUT2D eigenvalue weighted by Gasteiger charge is -2.14. The third-order valence-corrected chi connectivity index (χ3v) is 8.11. The van der Waals surface area contributed by atoms with Gasteiger partial charge in [0.25, 0.3) is 0 Å². The summed E-state index contributed by atoms with van der Waals surface area (Å²) in [5.41, 5.74) is -1.34. The fraction of sp³-hybridized carbons (Fsp3) is 0.250. The van der Waals surface area contributed by atoms with Gasteiger partial charge in [0.15, 0.2) is 0 Å². The monoisotopic (exact) mass is 595 g/mol. The van der Waals surface area contributed by atoms with Crippen molar-refractivity contribution >= 4 is 46.3 Å². The number of rotatable bonds is 5. The van der Waals surface area contributed by atoms with E-state index < -0.39 is 23.5 Å². The first kappa shape index (κ1) is 27.8. The number of aromatic nitrogens is 3. The Morgan fingerprint density at radius 3 is 2.05 bits per heavy atom. The summed E-state index contributed by atoms with van der Waals surface area (Å²) in [5, 5.41) is 5.66. The van der Waals surface area contributed by atoms with Gasteiger partial charge in [-0.25, -0.2) is 9.67 Å². The van der Waals surface area contributed by atoms with Crippen molar-refractivity contribution in [3.8, 4) is 27.5 Å². The van der Waals surface area contributed by atoms with Gasteiger partial charge in [-0.3, -0.25) is 0 Å². The van der Waals surface area contributed by atoms with E-state index in [1.54, 1.807) is 30.0 Å². The molecule has 2 aromatic heterocycles. The van der Waals surface area contributed by atoms with Gasteiger partial charge in [0.2, 0.25) is 5.13 Å². The van der Waals surface area contributed by atoms with Gasteiger partial charge in [0.1, 0.15) is 0 Å². The highest BCUT2D eigenvalue weighted by Crippen LogP contribution is 2.42. The summed E-state index contributed by atoms with van der Waals surface area (Å²) in [7, 11) is 0. The highest BCUT2D eigenvalue weighted by atomic mass is 35.5. The summed E-state index contributed by atoms with van der Waals surface area (Å²) in [4.78, 5) is 4.67. The molecule has 13 heteroatoms. The molecular weight excluding hydrogens is 579 g/mol. The maximum absolute atomic E-state index is 13.4. The quantitative estimate of drug-likeness (QED) is 0.170. The van der Waals surface area contributed by atoms with Crippen LogP contribution < -0.4 is 0 Å². The third kappa shape index (κ3) is 6.10. The molecule has 2 aromatic carbocycles. The van der Waals surface area contributed by atoms with E-state index in [4.69, 9.17) is 23.2 Å². The Morgan fingerprint density at radius 2 is 1.51 bits per heavy atom. The molecule has 0 saturated carbocycles. The molecule has 196 valence electrons. The maximum atomic E-state index is 13.4. The lowest BCUT2D eigenvalue weighted by Crippen LogP contribution is -2.11. The molecule has 0 aliphatic rings. The zero-order valence-corrected chi connectivity index (χ0v) is 22.4. The van der Waals surface area contributed by atoms with Crippen LogP contribution in [0.15, 0.2) is 46.8 Å². The molecule has 4 aromatic rings. The molecular formula is C24H17Cl2F6N3S2. The summed E-state index contributed by atoms with van der Waals surface area (Å²) in [6, 6.07) is 6.55. The maximum Gasteiger partial charge on any atom is 0.416 e. The highest BCUT2D eigenvalue weighted by molar-refractivity contribution is 8.01. The van der Waals surface area contributed by atoms with E-state index in [2.05, 4.69) is 10.1 Å². The number of hydrogen-bond donors (Lipinski definition) is 0. The van der Waals surface area contributed by atoms with E-state index in [1.165, 1.54) is 29.1 Å². The minimum Gasteiger partial charge on any atom is -0.217 e. The molecule has 0 N–H and O–H groups in total. The van der Waals surface area contributed by atoms with Crippen molar-refractivity contribution in [2.75, 3.05) is 0 Å². The van der Waals surface area contributed by atoms with Crippen LogP contribution in [0.1, 0.15) is 30.7 Å². The lowest BCUT2D eigenvalue weighted by molar-refractivity contribution is -0.143. The van der Waals surface area contributed by atoms with Crippen LogP contribution in [-0.2, 0) is 12.4 Å². The Kier molecular flexibility index (Phi) is 7.64. The number of aryl methyl sites for hydroxylation is 1. The molecule has 2 heterocycles. The van der Waals surface area contributed by atoms with Crippen molar-refractivity contribution in [3.05, 3.63) is 69.5 Å². The van der Waals surface area contributed by atoms with Gasteiger partial charge < -0.3 is 0 Å². The van der Waals surface area contributed by atoms with Crippen molar-refractivity contribution in [1.29, 1.82) is 0 Å². The van der Waals surface area contributed by atoms with E-state index in [0.717, 1.165) is 4.21 Å². The minimum absolute atomic E-state index is 0.100. The fourth-order valence-corrected chi connectivity index (χ4v) is 6.21. The molecule has 0 saturated heterocycles. The first-order chi connectivity index (χ1) is 17.1. The van der Waals surface area contributed by atoms with Gasteiger partial charge in [0, 0.05) is 22.6 Å². The van der Waals surface area contributed by atoms with Gasteiger partial charge in [-0.15, -0.1) is 11.8 Å². The number of alkyl halides is 6. The summed E-state index contributed by atoms with van der Waals surface area (Å²) in [6.45, 7) is 5.52. The van der Waals surface area contributed by atoms with Crippen LogP contribution in [0.25, 0.3) is 27.5 Å². The van der Waals surface area contributed by atoms with Gasteiger partial charge in [-0.05, 0) is 42.8 Å². The number of nitrogens with zero attached hydrogens (tertiary/aromatic N) is 3. The Bertz CT molecular complexity index is 1430. The van der Waals surface area contributed by atoms with E-state index in [0.29, 0.717) is 38.6 Å². The predicted octanol–water partition coefficient (Wildman–Crippen LogP) is 9.82. The smallest absolute Gasteiger partial charge is 0.217 e. The molecule has 0 fully saturated rings. The van der Waals surface area contributed by atoms with Crippen molar-refractivity contribution in [2.24, 2.45) is 0 Å². The van der Waals surface area contributed by atoms with Crippen molar-refractivity contribution < 1.29 is 26.3 Å². The van der Waals surface area contributed by atoms with Crippen molar-refractivity contribution in [3.63, 3.8) is 0 Å². The van der Waals surface area contributed by atoms with E-state index in [1.807, 2.05) is 13.8 Å². The summed E-state index contributed by atoms with van der Waals surface area (Å²) < 4.78 is 82.4. The highest BCUT2D eigenvalue weighted by Gasteiger charge is 2.37. The first-order valence-electron chi connectivity index (χ1n) is 10.6. The molecule has 0 spiro atoms. The lowest BCUT2D eigenvalue weighted by atomic mass is 10.00. The number of halogens is 8. The number of hydrogen-bond acceptors (Lipinski definition) is 4. The van der Waals surface area contributed by atoms with E-state index in [9.17, 15) is 26.3 Å². The molecule has 37 heavy (non-hydrogen) atoms. The Balaban J connectivity index is 1.83. The Morgan fingerprint density at radius 1 is 0.892 bits per heavy atom.